The van der Waals surface area contributed by atoms with Crippen molar-refractivity contribution in [3.8, 4) is 0 Å². The van der Waals surface area contributed by atoms with Gasteiger partial charge in [0.05, 0.1) is 4.88 Å². The summed E-state index contributed by atoms with van der Waals surface area (Å²) in [6.07, 6.45) is 3.62. The molecule has 1 saturated carbocycles. The lowest BCUT2D eigenvalue weighted by Crippen LogP contribution is -2.27. The largest absolute Gasteiger partial charge is 0.477 e. The van der Waals surface area contributed by atoms with Gasteiger partial charge in [0.2, 0.25) is 0 Å². The van der Waals surface area contributed by atoms with Crippen LogP contribution >= 0.6 is 11.3 Å². The quantitative estimate of drug-likeness (QED) is 0.876. The van der Waals surface area contributed by atoms with Crippen LogP contribution < -0.4 is 0 Å². The minimum absolute atomic E-state index is 0.0804. The zero-order valence-electron chi connectivity index (χ0n) is 9.68. The fourth-order valence-corrected chi connectivity index (χ4v) is 2.48. The average Bonchev–Trinajstić information content (AvgIpc) is 2.99. The van der Waals surface area contributed by atoms with Crippen LogP contribution in [0.3, 0.4) is 0 Å². The summed E-state index contributed by atoms with van der Waals surface area (Å²) in [5, 5.41) is 8.79. The molecule has 4 nitrogen and oxygen atoms in total. The lowest BCUT2D eigenvalue weighted by molar-refractivity contribution is 0.0701. The monoisotopic (exact) mass is 253 g/mol. The number of hydrogen-bond donors (Lipinski definition) is 1. The molecule has 0 aromatic carbocycles. The second kappa shape index (κ2) is 4.87. The summed E-state index contributed by atoms with van der Waals surface area (Å²) in [5.74, 6) is -0.263. The molecule has 1 heterocycles. The highest BCUT2D eigenvalue weighted by molar-refractivity contribution is 7.15. The van der Waals surface area contributed by atoms with Gasteiger partial charge < -0.3 is 10.0 Å². The van der Waals surface area contributed by atoms with Crippen LogP contribution in [0.5, 0.6) is 0 Å². The lowest BCUT2D eigenvalue weighted by Gasteiger charge is -2.15. The third-order valence-electron chi connectivity index (χ3n) is 2.94. The van der Waals surface area contributed by atoms with Crippen LogP contribution in [0.4, 0.5) is 0 Å². The molecule has 1 aromatic rings. The van der Waals surface area contributed by atoms with Gasteiger partial charge >= 0.3 is 5.97 Å². The van der Waals surface area contributed by atoms with Crippen LogP contribution in [0.2, 0.25) is 0 Å². The molecule has 0 aliphatic heterocycles. The van der Waals surface area contributed by atoms with Crippen molar-refractivity contribution in [3.63, 3.8) is 0 Å². The Morgan fingerprint density at radius 3 is 2.59 bits per heavy atom. The number of carboxylic acids is 1. The Hall–Kier alpha value is -1.36. The molecule has 1 N–H and O–H groups in total. The van der Waals surface area contributed by atoms with Gasteiger partial charge in [0.25, 0.3) is 5.91 Å². The summed E-state index contributed by atoms with van der Waals surface area (Å²) in [4.78, 5) is 25.1. The van der Waals surface area contributed by atoms with Gasteiger partial charge in [-0.2, -0.15) is 0 Å². The maximum Gasteiger partial charge on any atom is 0.345 e. The molecule has 0 bridgehead atoms. The molecule has 0 spiro atoms. The standard InChI is InChI=1S/C12H15NO3S/c1-13(7-6-8-2-3-8)11(14)9-4-5-10(17-9)12(15)16/h4-5,8H,2-3,6-7H2,1H3,(H,15,16). The van der Waals surface area contributed by atoms with E-state index in [0.29, 0.717) is 4.88 Å². The Balaban J connectivity index is 1.94. The van der Waals surface area contributed by atoms with E-state index in [4.69, 9.17) is 5.11 Å². The number of rotatable bonds is 5. The van der Waals surface area contributed by atoms with Crippen LogP contribution in [0, 0.1) is 5.92 Å². The molecule has 17 heavy (non-hydrogen) atoms. The Labute approximate surface area is 104 Å². The number of amides is 1. The van der Waals surface area contributed by atoms with Gasteiger partial charge in [-0.15, -0.1) is 11.3 Å². The maximum atomic E-state index is 12.0. The molecule has 1 aromatic heterocycles. The second-order valence-electron chi connectivity index (χ2n) is 4.43. The molecule has 0 radical (unpaired) electrons. The number of carbonyl (C=O) groups excluding carboxylic acids is 1. The summed E-state index contributed by atoms with van der Waals surface area (Å²) in [7, 11) is 1.77. The first kappa shape index (κ1) is 12.1. The van der Waals surface area contributed by atoms with E-state index in [-0.39, 0.29) is 10.8 Å². The van der Waals surface area contributed by atoms with Gasteiger partial charge in [-0.1, -0.05) is 12.8 Å². The SMILES string of the molecule is CN(CCC1CC1)C(=O)c1ccc(C(=O)O)s1. The Morgan fingerprint density at radius 1 is 1.41 bits per heavy atom. The van der Waals surface area contributed by atoms with Crippen LogP contribution in [-0.4, -0.2) is 35.5 Å². The minimum atomic E-state index is -0.977. The van der Waals surface area contributed by atoms with Crippen molar-refractivity contribution in [2.24, 2.45) is 5.92 Å². The zero-order valence-corrected chi connectivity index (χ0v) is 10.5. The Morgan fingerprint density at radius 2 is 2.06 bits per heavy atom. The average molecular weight is 253 g/mol. The molecule has 5 heteroatoms. The first-order valence-corrected chi connectivity index (χ1v) is 6.48. The normalized spacial score (nSPS) is 14.6. The third kappa shape index (κ3) is 3.06. The highest BCUT2D eigenvalue weighted by Crippen LogP contribution is 2.32. The zero-order chi connectivity index (χ0) is 12.4. The van der Waals surface area contributed by atoms with Gasteiger partial charge in [-0.3, -0.25) is 4.79 Å². The van der Waals surface area contributed by atoms with Crippen LogP contribution in [0.1, 0.15) is 38.6 Å². The molecule has 0 saturated heterocycles. The molecule has 1 aliphatic rings. The third-order valence-corrected chi connectivity index (χ3v) is 4.01. The fraction of sp³-hybridized carbons (Fsp3) is 0.500. The number of carbonyl (C=O) groups is 2. The van der Waals surface area contributed by atoms with Crippen molar-refractivity contribution >= 4 is 23.2 Å². The van der Waals surface area contributed by atoms with Gasteiger partial charge in [-0.25, -0.2) is 4.79 Å². The Kier molecular flexibility index (Phi) is 3.47. The van der Waals surface area contributed by atoms with E-state index in [9.17, 15) is 9.59 Å². The van der Waals surface area contributed by atoms with Crippen molar-refractivity contribution < 1.29 is 14.7 Å². The highest BCUT2D eigenvalue weighted by Gasteiger charge is 2.23. The highest BCUT2D eigenvalue weighted by atomic mass is 32.1. The van der Waals surface area contributed by atoms with Crippen molar-refractivity contribution in [3.05, 3.63) is 21.9 Å². The van der Waals surface area contributed by atoms with Crippen LogP contribution in [0.15, 0.2) is 12.1 Å². The maximum absolute atomic E-state index is 12.0. The van der Waals surface area contributed by atoms with Gasteiger partial charge in [0, 0.05) is 13.6 Å². The lowest BCUT2D eigenvalue weighted by atomic mass is 10.3. The molecular formula is C12H15NO3S. The summed E-state index contributed by atoms with van der Waals surface area (Å²) in [6.45, 7) is 0.754. The summed E-state index contributed by atoms with van der Waals surface area (Å²) >= 11 is 1.04. The number of aromatic carboxylic acids is 1. The van der Waals surface area contributed by atoms with Gasteiger partial charge in [0.15, 0.2) is 0 Å². The summed E-state index contributed by atoms with van der Waals surface area (Å²) < 4.78 is 0. The smallest absolute Gasteiger partial charge is 0.345 e. The molecule has 1 aliphatic carbocycles. The second-order valence-corrected chi connectivity index (χ2v) is 5.51. The van der Waals surface area contributed by atoms with E-state index < -0.39 is 5.97 Å². The van der Waals surface area contributed by atoms with Gasteiger partial charge in [0.1, 0.15) is 4.88 Å². The summed E-state index contributed by atoms with van der Waals surface area (Å²) in [6, 6.07) is 3.07. The molecule has 1 fully saturated rings. The topological polar surface area (TPSA) is 57.6 Å². The van der Waals surface area contributed by atoms with E-state index >= 15 is 0 Å². The number of thiophene rings is 1. The Bertz CT molecular complexity index is 437. The first-order valence-electron chi connectivity index (χ1n) is 5.66. The van der Waals surface area contributed by atoms with Crippen molar-refractivity contribution in [1.82, 2.24) is 4.90 Å². The molecule has 2 rings (SSSR count). The van der Waals surface area contributed by atoms with Crippen LogP contribution in [0.25, 0.3) is 0 Å². The summed E-state index contributed by atoms with van der Waals surface area (Å²) in [5.41, 5.74) is 0. The molecule has 0 atom stereocenters. The predicted molar refractivity (Wildman–Crippen MR) is 65.6 cm³/mol. The van der Waals surface area contributed by atoms with Crippen LogP contribution in [-0.2, 0) is 0 Å². The first-order chi connectivity index (χ1) is 8.08. The van der Waals surface area contributed by atoms with E-state index in [1.807, 2.05) is 0 Å². The van der Waals surface area contributed by atoms with Crippen molar-refractivity contribution in [2.75, 3.05) is 13.6 Å². The molecule has 1 amide bonds. The van der Waals surface area contributed by atoms with E-state index in [1.165, 1.54) is 18.9 Å². The number of hydrogen-bond acceptors (Lipinski definition) is 3. The molecular weight excluding hydrogens is 238 g/mol. The van der Waals surface area contributed by atoms with E-state index in [0.717, 1.165) is 30.2 Å². The molecule has 0 unspecified atom stereocenters. The van der Waals surface area contributed by atoms with E-state index in [1.54, 1.807) is 18.0 Å². The predicted octanol–water partition coefficient (Wildman–Crippen LogP) is 2.32. The number of nitrogens with zero attached hydrogens (tertiary/aromatic N) is 1. The fourth-order valence-electron chi connectivity index (χ4n) is 1.64. The van der Waals surface area contributed by atoms with Gasteiger partial charge in [-0.05, 0) is 24.5 Å². The van der Waals surface area contributed by atoms with E-state index in [2.05, 4.69) is 0 Å². The number of carboxylic acid groups (broad SMARTS) is 1. The minimum Gasteiger partial charge on any atom is -0.477 e. The molecule has 92 valence electrons. The van der Waals surface area contributed by atoms with Crippen molar-refractivity contribution in [2.45, 2.75) is 19.3 Å². The van der Waals surface area contributed by atoms with Crippen molar-refractivity contribution in [1.29, 1.82) is 0 Å².